The van der Waals surface area contributed by atoms with Gasteiger partial charge in [-0.2, -0.15) is 0 Å². The first kappa shape index (κ1) is 22.5. The fourth-order valence-corrected chi connectivity index (χ4v) is 5.10. The maximum Gasteiger partial charge on any atom is 0.162 e. The van der Waals surface area contributed by atoms with Crippen molar-refractivity contribution in [2.24, 2.45) is 10.6 Å². The Bertz CT molecular complexity index is 1420. The topological polar surface area (TPSA) is 71.2 Å². The molecule has 5 heterocycles. The molecule has 36 heavy (non-hydrogen) atoms. The molecule has 4 aromatic rings. The summed E-state index contributed by atoms with van der Waals surface area (Å²) in [6.45, 7) is 7.14. The monoisotopic (exact) mass is 489 g/mol. The number of fused-ring (bicyclic) bond motifs is 1. The molecule has 2 aliphatic rings. The summed E-state index contributed by atoms with van der Waals surface area (Å²) >= 11 is 0. The maximum absolute atomic E-state index is 13.8. The number of hydrogen-bond donors (Lipinski definition) is 0. The van der Waals surface area contributed by atoms with E-state index in [1.165, 1.54) is 11.8 Å². The van der Waals surface area contributed by atoms with Gasteiger partial charge in [-0.25, -0.2) is 8.78 Å². The Balaban J connectivity index is 1.07. The van der Waals surface area contributed by atoms with Crippen LogP contribution in [0.1, 0.15) is 23.7 Å². The molecule has 0 unspecified atom stereocenters. The van der Waals surface area contributed by atoms with Crippen LogP contribution in [0.25, 0.3) is 5.65 Å². The van der Waals surface area contributed by atoms with Crippen LogP contribution in [0.5, 0.6) is 0 Å². The van der Waals surface area contributed by atoms with Crippen molar-refractivity contribution in [3.8, 4) is 0 Å². The predicted molar refractivity (Wildman–Crippen MR) is 131 cm³/mol. The Morgan fingerprint density at radius 3 is 2.67 bits per heavy atom. The summed E-state index contributed by atoms with van der Waals surface area (Å²) in [5.74, 6) is -1.84. The molecule has 10 heteroatoms. The van der Waals surface area contributed by atoms with E-state index < -0.39 is 11.6 Å². The zero-order valence-corrected chi connectivity index (χ0v) is 19.8. The molecule has 6 rings (SSSR count). The third-order valence-corrected chi connectivity index (χ3v) is 6.77. The summed E-state index contributed by atoms with van der Waals surface area (Å²) in [5, 5.41) is 12.2. The first-order chi connectivity index (χ1) is 17.5. The third kappa shape index (κ3) is 4.17. The van der Waals surface area contributed by atoms with Crippen LogP contribution in [0.15, 0.2) is 66.3 Å². The zero-order valence-electron chi connectivity index (χ0n) is 19.8. The van der Waals surface area contributed by atoms with Gasteiger partial charge in [0.05, 0.1) is 5.69 Å². The van der Waals surface area contributed by atoms with Gasteiger partial charge in [0.15, 0.2) is 17.3 Å². The summed E-state index contributed by atoms with van der Waals surface area (Å²) in [5.41, 5.74) is 4.79. The van der Waals surface area contributed by atoms with Crippen molar-refractivity contribution in [1.29, 1.82) is 0 Å². The second-order valence-electron chi connectivity index (χ2n) is 9.52. The van der Waals surface area contributed by atoms with Gasteiger partial charge in [-0.15, -0.1) is 10.2 Å². The molecule has 0 amide bonds. The highest BCUT2D eigenvalue weighted by atomic mass is 19.2. The van der Waals surface area contributed by atoms with Gasteiger partial charge in [-0.1, -0.05) is 11.2 Å². The van der Waals surface area contributed by atoms with Crippen molar-refractivity contribution in [3.05, 3.63) is 89.6 Å². The van der Waals surface area contributed by atoms with E-state index in [9.17, 15) is 8.78 Å². The maximum atomic E-state index is 13.8. The lowest BCUT2D eigenvalue weighted by atomic mass is 9.72. The second kappa shape index (κ2) is 8.94. The summed E-state index contributed by atoms with van der Waals surface area (Å²) in [4.78, 5) is 14.6. The predicted octanol–water partition coefficient (Wildman–Crippen LogP) is 3.51. The van der Waals surface area contributed by atoms with E-state index in [1.807, 2.05) is 28.9 Å². The van der Waals surface area contributed by atoms with Gasteiger partial charge in [0, 0.05) is 67.8 Å². The quantitative estimate of drug-likeness (QED) is 0.292. The first-order valence-corrected chi connectivity index (χ1v) is 11.9. The number of likely N-dealkylation sites (tertiary alicyclic amines) is 1. The van der Waals surface area contributed by atoms with Crippen LogP contribution < -0.4 is 4.90 Å². The van der Waals surface area contributed by atoms with Crippen molar-refractivity contribution in [2.75, 3.05) is 37.7 Å². The lowest BCUT2D eigenvalue weighted by Crippen LogP contribution is -2.71. The normalized spacial score (nSPS) is 17.3. The van der Waals surface area contributed by atoms with E-state index in [0.29, 0.717) is 29.0 Å². The molecule has 1 aromatic carbocycles. The Labute approximate surface area is 206 Å². The van der Waals surface area contributed by atoms with Gasteiger partial charge in [-0.3, -0.25) is 14.3 Å². The molecular formula is C26H25F2N7O. The molecule has 3 aromatic heterocycles. The van der Waals surface area contributed by atoms with E-state index in [-0.39, 0.29) is 0 Å². The largest absolute Gasteiger partial charge is 0.396 e. The van der Waals surface area contributed by atoms with Crippen LogP contribution in [0.3, 0.4) is 0 Å². The molecule has 2 aliphatic heterocycles. The Hall–Kier alpha value is -3.92. The molecule has 0 saturated carbocycles. The number of rotatable bonds is 7. The highest BCUT2D eigenvalue weighted by Gasteiger charge is 2.51. The molecule has 0 atom stereocenters. The van der Waals surface area contributed by atoms with Crippen molar-refractivity contribution in [1.82, 2.24) is 24.5 Å². The van der Waals surface area contributed by atoms with Crippen LogP contribution in [0, 0.1) is 17.0 Å². The standard InChI is InChI=1S/C26H25F2N7O/c1-2-36-32-25(19-4-5-21(27)22(28)9-19)23-6-3-18(11-29-23)12-33-13-26(14-33)15-35(16-26)20-7-8-34-17-30-31-24(34)10-20/h3-11,17H,2,12-16H2,1H3/b32-25+. The van der Waals surface area contributed by atoms with Crippen molar-refractivity contribution >= 4 is 17.0 Å². The average molecular weight is 490 g/mol. The minimum absolute atomic E-state index is 0.344. The van der Waals surface area contributed by atoms with Crippen LogP contribution in [0.4, 0.5) is 14.5 Å². The summed E-state index contributed by atoms with van der Waals surface area (Å²) in [6, 6.07) is 11.7. The van der Waals surface area contributed by atoms with Gasteiger partial charge in [0.25, 0.3) is 0 Å². The van der Waals surface area contributed by atoms with Crippen molar-refractivity contribution in [3.63, 3.8) is 0 Å². The molecule has 8 nitrogen and oxygen atoms in total. The van der Waals surface area contributed by atoms with Gasteiger partial charge in [-0.05, 0) is 42.8 Å². The minimum Gasteiger partial charge on any atom is -0.396 e. The molecule has 0 N–H and O–H groups in total. The summed E-state index contributed by atoms with van der Waals surface area (Å²) in [6.07, 6.45) is 5.51. The third-order valence-electron chi connectivity index (χ3n) is 6.77. The highest BCUT2D eigenvalue weighted by molar-refractivity contribution is 6.11. The number of benzene rings is 1. The zero-order chi connectivity index (χ0) is 24.7. The van der Waals surface area contributed by atoms with Gasteiger partial charge < -0.3 is 9.74 Å². The second-order valence-corrected chi connectivity index (χ2v) is 9.52. The van der Waals surface area contributed by atoms with Crippen LogP contribution in [-0.2, 0) is 11.4 Å². The van der Waals surface area contributed by atoms with Gasteiger partial charge in [0.1, 0.15) is 18.6 Å². The van der Waals surface area contributed by atoms with Crippen LogP contribution in [0.2, 0.25) is 0 Å². The lowest BCUT2D eigenvalue weighted by Gasteiger charge is -2.61. The molecular weight excluding hydrogens is 464 g/mol. The Morgan fingerprint density at radius 2 is 1.92 bits per heavy atom. The molecule has 1 spiro atoms. The number of anilines is 1. The van der Waals surface area contributed by atoms with Crippen molar-refractivity contribution < 1.29 is 13.6 Å². The molecule has 2 fully saturated rings. The van der Waals surface area contributed by atoms with Crippen molar-refractivity contribution in [2.45, 2.75) is 13.5 Å². The van der Waals surface area contributed by atoms with Crippen LogP contribution >= 0.6 is 0 Å². The van der Waals surface area contributed by atoms with E-state index in [1.54, 1.807) is 13.3 Å². The highest BCUT2D eigenvalue weighted by Crippen LogP contribution is 2.42. The lowest BCUT2D eigenvalue weighted by molar-refractivity contribution is -0.0273. The smallest absolute Gasteiger partial charge is 0.162 e. The number of pyridine rings is 2. The number of nitrogens with zero attached hydrogens (tertiary/aromatic N) is 7. The van der Waals surface area contributed by atoms with E-state index in [0.717, 1.165) is 56.1 Å². The van der Waals surface area contributed by atoms with Crippen LogP contribution in [-0.4, -0.2) is 63.0 Å². The minimum atomic E-state index is -0.936. The molecule has 0 bridgehead atoms. The summed E-state index contributed by atoms with van der Waals surface area (Å²) < 4.78 is 29.1. The van der Waals surface area contributed by atoms with Gasteiger partial charge in [0.2, 0.25) is 0 Å². The van der Waals surface area contributed by atoms with E-state index in [4.69, 9.17) is 4.84 Å². The number of oxime groups is 1. The molecule has 0 radical (unpaired) electrons. The number of halogens is 2. The van der Waals surface area contributed by atoms with Gasteiger partial charge >= 0.3 is 0 Å². The van der Waals surface area contributed by atoms with E-state index >= 15 is 0 Å². The molecule has 2 saturated heterocycles. The fourth-order valence-electron chi connectivity index (χ4n) is 5.10. The molecule has 184 valence electrons. The van der Waals surface area contributed by atoms with E-state index in [2.05, 4.69) is 42.3 Å². The average Bonchev–Trinajstić information content (AvgIpc) is 3.31. The molecule has 0 aliphatic carbocycles. The number of hydrogen-bond acceptors (Lipinski definition) is 7. The number of aromatic nitrogens is 4. The first-order valence-electron chi connectivity index (χ1n) is 11.9. The Morgan fingerprint density at radius 1 is 1.06 bits per heavy atom. The Kier molecular flexibility index (Phi) is 5.60. The fraction of sp³-hybridized carbons (Fsp3) is 0.308. The summed E-state index contributed by atoms with van der Waals surface area (Å²) in [7, 11) is 0. The SMILES string of the molecule is CCO/N=C(\c1ccc(F)c(F)c1)c1ccc(CN2CC3(C2)CN(c2ccn4cnnc4c2)C3)cn1.